The number of rotatable bonds is 3. The van der Waals surface area contributed by atoms with Crippen molar-refractivity contribution in [3.05, 3.63) is 0 Å². The first-order valence-electron chi connectivity index (χ1n) is 11.9. The summed E-state index contributed by atoms with van der Waals surface area (Å²) in [7, 11) is 0. The fraction of sp³-hybridized carbons (Fsp3) is 1.00. The fourth-order valence-electron chi connectivity index (χ4n) is 8.88. The lowest BCUT2D eigenvalue weighted by atomic mass is 9.43. The Morgan fingerprint density at radius 2 is 1.68 bits per heavy atom. The molecular formula is C24H42O4. The van der Waals surface area contributed by atoms with Gasteiger partial charge in [-0.2, -0.15) is 0 Å². The van der Waals surface area contributed by atoms with Gasteiger partial charge in [0.25, 0.3) is 0 Å². The molecule has 0 heterocycles. The first-order chi connectivity index (χ1) is 13.1. The Hall–Kier alpha value is -0.160. The van der Waals surface area contributed by atoms with Crippen molar-refractivity contribution >= 4 is 0 Å². The average molecular weight is 395 g/mol. The first-order valence-corrected chi connectivity index (χ1v) is 11.9. The van der Waals surface area contributed by atoms with Crippen LogP contribution in [0.1, 0.15) is 85.5 Å². The molecule has 4 heteroatoms. The molecule has 4 aliphatic rings. The standard InChI is InChI=1S/C24H42O4/c1-5-19(25)14(2)24(28)21(27)13-18-15-12-20(26)17-8-6-7-10-22(17,3)16(15)9-11-23(18,24)4/h14-21,25-28H,5-13H2,1-4H3/t14-,15-,16+,17?,18+,19?,20?,21?,22-,23+,24-/m1/s1. The molecule has 0 spiro atoms. The molecule has 28 heavy (non-hydrogen) atoms. The number of hydrogen-bond acceptors (Lipinski definition) is 4. The molecule has 162 valence electrons. The smallest absolute Gasteiger partial charge is 0.101 e. The molecule has 0 aliphatic heterocycles. The van der Waals surface area contributed by atoms with E-state index in [1.807, 2.05) is 13.8 Å². The van der Waals surface area contributed by atoms with Crippen LogP contribution in [0.25, 0.3) is 0 Å². The maximum absolute atomic E-state index is 11.9. The van der Waals surface area contributed by atoms with Crippen LogP contribution in [0.4, 0.5) is 0 Å². The topological polar surface area (TPSA) is 80.9 Å². The van der Waals surface area contributed by atoms with E-state index in [9.17, 15) is 20.4 Å². The highest BCUT2D eigenvalue weighted by molar-refractivity contribution is 5.19. The fourth-order valence-corrected chi connectivity index (χ4v) is 8.88. The minimum Gasteiger partial charge on any atom is -0.393 e. The SMILES string of the molecule is CCC(O)[C@@H](C)[C@@]1(O)C(O)C[C@H]2[C@@H]3CC(O)C4CCCC[C@]4(C)[C@H]3CC[C@@]21C. The van der Waals surface area contributed by atoms with Crippen LogP contribution in [0.15, 0.2) is 0 Å². The Morgan fingerprint density at radius 3 is 2.36 bits per heavy atom. The van der Waals surface area contributed by atoms with E-state index < -0.39 is 23.2 Å². The van der Waals surface area contributed by atoms with E-state index in [0.29, 0.717) is 30.6 Å². The molecule has 11 atom stereocenters. The van der Waals surface area contributed by atoms with Gasteiger partial charge in [-0.1, -0.05) is 40.5 Å². The normalized spacial score (nSPS) is 55.7. The van der Waals surface area contributed by atoms with Crippen LogP contribution in [-0.2, 0) is 0 Å². The van der Waals surface area contributed by atoms with Gasteiger partial charge in [0.15, 0.2) is 0 Å². The van der Waals surface area contributed by atoms with Crippen LogP contribution in [0, 0.1) is 40.4 Å². The van der Waals surface area contributed by atoms with Crippen molar-refractivity contribution in [1.82, 2.24) is 0 Å². The molecule has 0 amide bonds. The Balaban J connectivity index is 1.69. The van der Waals surface area contributed by atoms with E-state index in [1.165, 1.54) is 19.3 Å². The Labute approximate surface area is 170 Å². The highest BCUT2D eigenvalue weighted by atomic mass is 16.3. The quantitative estimate of drug-likeness (QED) is 0.591. The molecule has 4 unspecified atom stereocenters. The van der Waals surface area contributed by atoms with Crippen molar-refractivity contribution in [3.63, 3.8) is 0 Å². The Bertz CT molecular complexity index is 595. The summed E-state index contributed by atoms with van der Waals surface area (Å²) in [6, 6.07) is 0. The summed E-state index contributed by atoms with van der Waals surface area (Å²) >= 11 is 0. The molecule has 4 N–H and O–H groups in total. The van der Waals surface area contributed by atoms with Gasteiger partial charge < -0.3 is 20.4 Å². The van der Waals surface area contributed by atoms with Gasteiger partial charge in [0.2, 0.25) is 0 Å². The van der Waals surface area contributed by atoms with Crippen molar-refractivity contribution in [2.45, 2.75) is 109 Å². The molecule has 4 saturated carbocycles. The monoisotopic (exact) mass is 394 g/mol. The van der Waals surface area contributed by atoms with Crippen LogP contribution in [0.3, 0.4) is 0 Å². The van der Waals surface area contributed by atoms with Gasteiger partial charge >= 0.3 is 0 Å². The maximum atomic E-state index is 11.9. The van der Waals surface area contributed by atoms with Crippen molar-refractivity contribution in [2.24, 2.45) is 40.4 Å². The molecule has 4 aliphatic carbocycles. The van der Waals surface area contributed by atoms with Crippen LogP contribution < -0.4 is 0 Å². The maximum Gasteiger partial charge on any atom is 0.101 e. The predicted molar refractivity (Wildman–Crippen MR) is 110 cm³/mol. The Kier molecular flexibility index (Phi) is 5.22. The zero-order chi connectivity index (χ0) is 20.5. The van der Waals surface area contributed by atoms with Crippen LogP contribution in [0.2, 0.25) is 0 Å². The summed E-state index contributed by atoms with van der Waals surface area (Å²) < 4.78 is 0. The van der Waals surface area contributed by atoms with E-state index in [2.05, 4.69) is 13.8 Å². The number of hydrogen-bond donors (Lipinski definition) is 4. The second-order valence-corrected chi connectivity index (χ2v) is 11.3. The second kappa shape index (κ2) is 6.93. The van der Waals surface area contributed by atoms with E-state index in [1.54, 1.807) is 0 Å². The molecule has 4 nitrogen and oxygen atoms in total. The summed E-state index contributed by atoms with van der Waals surface area (Å²) in [5.41, 5.74) is -1.46. The van der Waals surface area contributed by atoms with Gasteiger partial charge in [0, 0.05) is 11.3 Å². The van der Waals surface area contributed by atoms with Crippen molar-refractivity contribution in [2.75, 3.05) is 0 Å². The first kappa shape index (κ1) is 21.1. The van der Waals surface area contributed by atoms with Gasteiger partial charge in [-0.3, -0.25) is 0 Å². The largest absolute Gasteiger partial charge is 0.393 e. The number of aliphatic hydroxyl groups is 4. The third-order valence-electron chi connectivity index (χ3n) is 10.6. The van der Waals surface area contributed by atoms with Gasteiger partial charge in [0.1, 0.15) is 5.60 Å². The molecule has 0 aromatic heterocycles. The minimum absolute atomic E-state index is 0.197. The van der Waals surface area contributed by atoms with E-state index in [4.69, 9.17) is 0 Å². The van der Waals surface area contributed by atoms with Gasteiger partial charge in [-0.05, 0) is 74.0 Å². The summed E-state index contributed by atoms with van der Waals surface area (Å²) in [6.07, 6.45) is 7.18. The highest BCUT2D eigenvalue weighted by Gasteiger charge is 2.70. The van der Waals surface area contributed by atoms with E-state index >= 15 is 0 Å². The zero-order valence-electron chi connectivity index (χ0n) is 18.3. The third kappa shape index (κ3) is 2.57. The highest BCUT2D eigenvalue weighted by Crippen LogP contribution is 2.69. The predicted octanol–water partition coefficient (Wildman–Crippen LogP) is 3.50. The summed E-state index contributed by atoms with van der Waals surface area (Å²) in [6.45, 7) is 8.42. The van der Waals surface area contributed by atoms with Crippen molar-refractivity contribution in [1.29, 1.82) is 0 Å². The third-order valence-corrected chi connectivity index (χ3v) is 10.6. The lowest BCUT2D eigenvalue weighted by Gasteiger charge is -2.62. The van der Waals surface area contributed by atoms with Gasteiger partial charge in [-0.15, -0.1) is 0 Å². The van der Waals surface area contributed by atoms with Crippen LogP contribution in [-0.4, -0.2) is 44.3 Å². The summed E-state index contributed by atoms with van der Waals surface area (Å²) in [5.74, 6) is 1.22. The molecule has 0 aromatic rings. The molecule has 0 saturated heterocycles. The molecule has 4 fully saturated rings. The average Bonchev–Trinajstić information content (AvgIpc) is 2.88. The molecule has 0 aromatic carbocycles. The summed E-state index contributed by atoms with van der Waals surface area (Å²) in [5, 5.41) is 44.6. The van der Waals surface area contributed by atoms with Crippen molar-refractivity contribution < 1.29 is 20.4 Å². The Morgan fingerprint density at radius 1 is 0.964 bits per heavy atom. The second-order valence-electron chi connectivity index (χ2n) is 11.3. The number of fused-ring (bicyclic) bond motifs is 5. The molecule has 4 rings (SSSR count). The van der Waals surface area contributed by atoms with Gasteiger partial charge in [-0.25, -0.2) is 0 Å². The van der Waals surface area contributed by atoms with Crippen molar-refractivity contribution in [3.8, 4) is 0 Å². The summed E-state index contributed by atoms with van der Waals surface area (Å²) in [4.78, 5) is 0. The molecule has 0 radical (unpaired) electrons. The molecular weight excluding hydrogens is 352 g/mol. The lowest BCUT2D eigenvalue weighted by molar-refractivity contribution is -0.213. The zero-order valence-corrected chi connectivity index (χ0v) is 18.3. The number of aliphatic hydroxyl groups excluding tert-OH is 3. The van der Waals surface area contributed by atoms with Gasteiger partial charge in [0.05, 0.1) is 18.3 Å². The van der Waals surface area contributed by atoms with Crippen LogP contribution >= 0.6 is 0 Å². The van der Waals surface area contributed by atoms with Crippen LogP contribution in [0.5, 0.6) is 0 Å². The lowest BCUT2D eigenvalue weighted by Crippen LogP contribution is -2.62. The van der Waals surface area contributed by atoms with E-state index in [0.717, 1.165) is 25.7 Å². The molecule has 0 bridgehead atoms. The van der Waals surface area contributed by atoms with E-state index in [-0.39, 0.29) is 23.4 Å². The minimum atomic E-state index is -1.26.